The van der Waals surface area contributed by atoms with Gasteiger partial charge in [-0.1, -0.05) is 29.8 Å². The second-order valence-corrected chi connectivity index (χ2v) is 3.54. The number of imidazole rings is 1. The summed E-state index contributed by atoms with van der Waals surface area (Å²) in [6.45, 7) is 3.27. The van der Waals surface area contributed by atoms with Crippen molar-refractivity contribution in [1.29, 1.82) is 0 Å². The number of rotatable bonds is 4. The van der Waals surface area contributed by atoms with Crippen LogP contribution >= 0.6 is 0 Å². The van der Waals surface area contributed by atoms with Gasteiger partial charge in [-0.05, 0) is 12.5 Å². The quantitative estimate of drug-likeness (QED) is 0.761. The van der Waals surface area contributed by atoms with Crippen molar-refractivity contribution in [3.05, 3.63) is 54.1 Å². The van der Waals surface area contributed by atoms with Crippen LogP contribution in [0.3, 0.4) is 0 Å². The molecule has 2 rings (SSSR count). The van der Waals surface area contributed by atoms with Crippen LogP contribution in [0.1, 0.15) is 11.1 Å². The molecule has 1 aromatic carbocycles. The molecule has 0 spiro atoms. The monoisotopic (exact) mass is 202 g/mol. The van der Waals surface area contributed by atoms with E-state index in [1.54, 1.807) is 12.5 Å². The zero-order chi connectivity index (χ0) is 10.5. The summed E-state index contributed by atoms with van der Waals surface area (Å²) in [7, 11) is 0. The van der Waals surface area contributed by atoms with Crippen molar-refractivity contribution in [2.24, 2.45) is 0 Å². The zero-order valence-electron chi connectivity index (χ0n) is 8.76. The first kappa shape index (κ1) is 9.93. The Morgan fingerprint density at radius 3 is 2.73 bits per heavy atom. The molecule has 0 radical (unpaired) electrons. The van der Waals surface area contributed by atoms with E-state index in [9.17, 15) is 0 Å². The summed E-state index contributed by atoms with van der Waals surface area (Å²) in [4.78, 5) is 3.94. The van der Waals surface area contributed by atoms with Gasteiger partial charge < -0.3 is 9.30 Å². The fraction of sp³-hybridized carbons (Fsp3) is 0.250. The lowest BCUT2D eigenvalue weighted by atomic mass is 10.2. The lowest BCUT2D eigenvalue weighted by Gasteiger charge is -2.05. The highest BCUT2D eigenvalue weighted by atomic mass is 16.5. The van der Waals surface area contributed by atoms with E-state index in [-0.39, 0.29) is 0 Å². The predicted molar refractivity (Wildman–Crippen MR) is 58.2 cm³/mol. The molecule has 3 nitrogen and oxygen atoms in total. The minimum atomic E-state index is 0.549. The van der Waals surface area contributed by atoms with E-state index >= 15 is 0 Å². The van der Waals surface area contributed by atoms with Gasteiger partial charge in [-0.15, -0.1) is 0 Å². The van der Waals surface area contributed by atoms with E-state index < -0.39 is 0 Å². The molecule has 3 heteroatoms. The molecule has 0 aliphatic rings. The van der Waals surface area contributed by atoms with E-state index in [0.717, 1.165) is 0 Å². The maximum atomic E-state index is 5.53. The maximum Gasteiger partial charge on any atom is 0.124 e. The lowest BCUT2D eigenvalue weighted by Crippen LogP contribution is -2.00. The molecule has 1 heterocycles. The van der Waals surface area contributed by atoms with Crippen LogP contribution in [0.15, 0.2) is 43.0 Å². The molecule has 0 N–H and O–H groups in total. The van der Waals surface area contributed by atoms with Gasteiger partial charge in [-0.3, -0.25) is 0 Å². The number of aryl methyl sites for hydroxylation is 1. The summed E-state index contributed by atoms with van der Waals surface area (Å²) >= 11 is 0. The molecular weight excluding hydrogens is 188 g/mol. The molecular formula is C12H14N2O. The highest BCUT2D eigenvalue weighted by Gasteiger charge is 1.93. The van der Waals surface area contributed by atoms with E-state index in [0.29, 0.717) is 13.3 Å². The van der Waals surface area contributed by atoms with E-state index in [4.69, 9.17) is 4.74 Å². The average Bonchev–Trinajstić information content (AvgIpc) is 2.74. The minimum Gasteiger partial charge on any atom is -0.356 e. The molecule has 0 saturated carbocycles. The minimum absolute atomic E-state index is 0.549. The molecule has 0 aliphatic carbocycles. The van der Waals surface area contributed by atoms with Crippen molar-refractivity contribution in [2.45, 2.75) is 20.3 Å². The number of benzene rings is 1. The largest absolute Gasteiger partial charge is 0.356 e. The molecule has 78 valence electrons. The molecule has 2 aromatic rings. The Balaban J connectivity index is 1.81. The van der Waals surface area contributed by atoms with Crippen molar-refractivity contribution < 1.29 is 4.74 Å². The number of hydrogen-bond donors (Lipinski definition) is 0. The highest BCUT2D eigenvalue weighted by Crippen LogP contribution is 2.04. The average molecular weight is 202 g/mol. The summed E-state index contributed by atoms with van der Waals surface area (Å²) in [6, 6.07) is 8.36. The fourth-order valence-electron chi connectivity index (χ4n) is 1.32. The number of nitrogens with zero attached hydrogens (tertiary/aromatic N) is 2. The Morgan fingerprint density at radius 2 is 2.07 bits per heavy atom. The molecule has 0 saturated heterocycles. The van der Waals surface area contributed by atoms with Gasteiger partial charge in [0, 0.05) is 12.4 Å². The Bertz CT molecular complexity index is 392. The fourth-order valence-corrected chi connectivity index (χ4v) is 1.32. The Morgan fingerprint density at radius 1 is 1.27 bits per heavy atom. The van der Waals surface area contributed by atoms with Crippen LogP contribution < -0.4 is 0 Å². The van der Waals surface area contributed by atoms with Crippen LogP contribution in [-0.4, -0.2) is 9.55 Å². The normalized spacial score (nSPS) is 10.5. The third-order valence-corrected chi connectivity index (χ3v) is 2.19. The lowest BCUT2D eigenvalue weighted by molar-refractivity contribution is 0.0639. The van der Waals surface area contributed by atoms with Gasteiger partial charge >= 0.3 is 0 Å². The molecule has 15 heavy (non-hydrogen) atoms. The first-order valence-corrected chi connectivity index (χ1v) is 4.93. The molecule has 0 fully saturated rings. The summed E-state index contributed by atoms with van der Waals surface area (Å²) in [5.41, 5.74) is 2.47. The van der Waals surface area contributed by atoms with Crippen LogP contribution in [0.2, 0.25) is 0 Å². The van der Waals surface area contributed by atoms with Crippen LogP contribution in [0, 0.1) is 6.92 Å². The van der Waals surface area contributed by atoms with Gasteiger partial charge in [-0.2, -0.15) is 0 Å². The number of hydrogen-bond acceptors (Lipinski definition) is 2. The number of ether oxygens (including phenoxy) is 1. The molecule has 0 unspecified atom stereocenters. The van der Waals surface area contributed by atoms with Crippen LogP contribution in [0.25, 0.3) is 0 Å². The second kappa shape index (κ2) is 4.75. The third-order valence-electron chi connectivity index (χ3n) is 2.19. The van der Waals surface area contributed by atoms with Gasteiger partial charge in [0.25, 0.3) is 0 Å². The Hall–Kier alpha value is -1.61. The van der Waals surface area contributed by atoms with E-state index in [1.807, 2.05) is 10.8 Å². The van der Waals surface area contributed by atoms with Gasteiger partial charge in [0.05, 0.1) is 12.9 Å². The molecule has 0 amide bonds. The van der Waals surface area contributed by atoms with Crippen molar-refractivity contribution in [3.63, 3.8) is 0 Å². The molecule has 1 aromatic heterocycles. The maximum absolute atomic E-state index is 5.53. The third kappa shape index (κ3) is 2.92. The topological polar surface area (TPSA) is 27.1 Å². The summed E-state index contributed by atoms with van der Waals surface area (Å²) in [5.74, 6) is 0. The van der Waals surface area contributed by atoms with Crippen molar-refractivity contribution in [1.82, 2.24) is 9.55 Å². The molecule has 0 aliphatic heterocycles. The van der Waals surface area contributed by atoms with Gasteiger partial charge in [-0.25, -0.2) is 4.98 Å². The van der Waals surface area contributed by atoms with Crippen molar-refractivity contribution in [3.8, 4) is 0 Å². The summed E-state index contributed by atoms with van der Waals surface area (Å²) < 4.78 is 7.42. The Kier molecular flexibility index (Phi) is 3.15. The van der Waals surface area contributed by atoms with Gasteiger partial charge in [0.1, 0.15) is 6.73 Å². The first-order chi connectivity index (χ1) is 7.34. The van der Waals surface area contributed by atoms with Crippen molar-refractivity contribution >= 4 is 0 Å². The van der Waals surface area contributed by atoms with Crippen LogP contribution in [-0.2, 0) is 18.1 Å². The van der Waals surface area contributed by atoms with Crippen LogP contribution in [0.4, 0.5) is 0 Å². The molecule has 0 bridgehead atoms. The number of aromatic nitrogens is 2. The van der Waals surface area contributed by atoms with Crippen LogP contribution in [0.5, 0.6) is 0 Å². The smallest absolute Gasteiger partial charge is 0.124 e. The van der Waals surface area contributed by atoms with E-state index in [1.165, 1.54) is 11.1 Å². The summed E-state index contributed by atoms with van der Waals surface area (Å²) in [5, 5.41) is 0. The van der Waals surface area contributed by atoms with E-state index in [2.05, 4.69) is 36.2 Å². The summed E-state index contributed by atoms with van der Waals surface area (Å²) in [6.07, 6.45) is 5.37. The molecule has 0 atom stereocenters. The van der Waals surface area contributed by atoms with Gasteiger partial charge in [0.2, 0.25) is 0 Å². The first-order valence-electron chi connectivity index (χ1n) is 4.93. The zero-order valence-corrected chi connectivity index (χ0v) is 8.76. The Labute approximate surface area is 89.3 Å². The van der Waals surface area contributed by atoms with Gasteiger partial charge in [0.15, 0.2) is 0 Å². The highest BCUT2D eigenvalue weighted by molar-refractivity contribution is 5.20. The standard InChI is InChI=1S/C12H14N2O/c1-11-2-4-12(5-3-11)8-15-10-14-7-6-13-9-14/h2-7,9H,8,10H2,1H3. The SMILES string of the molecule is Cc1ccc(COCn2ccnc2)cc1. The van der Waals surface area contributed by atoms with Crippen molar-refractivity contribution in [2.75, 3.05) is 0 Å². The predicted octanol–water partition coefficient (Wildman–Crippen LogP) is 2.37. The second-order valence-electron chi connectivity index (χ2n) is 3.54.